The van der Waals surface area contributed by atoms with Gasteiger partial charge in [0.15, 0.2) is 0 Å². The number of carbonyl (C=O) groups is 2. The summed E-state index contributed by atoms with van der Waals surface area (Å²) >= 11 is 0. The molecule has 4 rings (SSSR count). The Labute approximate surface area is 183 Å². The Kier molecular flexibility index (Phi) is 5.79. The van der Waals surface area contributed by atoms with Gasteiger partial charge in [0.05, 0.1) is 30.1 Å². The Bertz CT molecular complexity index is 993. The molecule has 2 aliphatic rings. The van der Waals surface area contributed by atoms with Crippen molar-refractivity contribution < 1.29 is 19.4 Å². The second kappa shape index (κ2) is 8.38. The highest BCUT2D eigenvalue weighted by molar-refractivity contribution is 6.05. The van der Waals surface area contributed by atoms with Gasteiger partial charge in [0.25, 0.3) is 0 Å². The molecule has 1 N–H and O–H groups in total. The van der Waals surface area contributed by atoms with E-state index in [9.17, 15) is 14.7 Å². The van der Waals surface area contributed by atoms with Crippen molar-refractivity contribution in [1.82, 2.24) is 4.57 Å². The lowest BCUT2D eigenvalue weighted by Gasteiger charge is -2.41. The summed E-state index contributed by atoms with van der Waals surface area (Å²) in [5.74, 6) is 0.239. The van der Waals surface area contributed by atoms with Crippen molar-refractivity contribution in [3.05, 3.63) is 36.2 Å². The first-order valence-corrected chi connectivity index (χ1v) is 11.0. The van der Waals surface area contributed by atoms with Crippen LogP contribution in [-0.2, 0) is 16.1 Å². The maximum absolute atomic E-state index is 13.0. The van der Waals surface area contributed by atoms with Crippen molar-refractivity contribution in [2.24, 2.45) is 5.92 Å². The summed E-state index contributed by atoms with van der Waals surface area (Å²) in [6.07, 6.45) is 3.25. The number of hydrogen-bond donors (Lipinski definition) is 1. The number of hydrogen-bond acceptors (Lipinski definition) is 4. The van der Waals surface area contributed by atoms with Crippen LogP contribution in [0.2, 0.25) is 0 Å². The number of anilines is 2. The van der Waals surface area contributed by atoms with E-state index in [1.54, 1.807) is 4.90 Å². The molecule has 2 heterocycles. The molecule has 2 aromatic rings. The smallest absolute Gasteiger partial charge is 0.414 e. The molecular formula is C24H31N3O4. The predicted octanol–water partition coefficient (Wildman–Crippen LogP) is 3.95. The lowest BCUT2D eigenvalue weighted by Crippen LogP contribution is -2.52. The van der Waals surface area contributed by atoms with E-state index in [4.69, 9.17) is 4.74 Å². The van der Waals surface area contributed by atoms with Crippen LogP contribution in [-0.4, -0.2) is 47.0 Å². The Morgan fingerprint density at radius 3 is 2.55 bits per heavy atom. The average Bonchev–Trinajstić information content (AvgIpc) is 3.50. The molecule has 0 saturated heterocycles. The molecule has 7 heteroatoms. The molecule has 0 spiro atoms. The summed E-state index contributed by atoms with van der Waals surface area (Å²) in [6.45, 7) is 8.64. The average molecular weight is 426 g/mol. The van der Waals surface area contributed by atoms with Gasteiger partial charge in [-0.2, -0.15) is 0 Å². The highest BCUT2D eigenvalue weighted by Gasteiger charge is 2.41. The van der Waals surface area contributed by atoms with Crippen LogP contribution in [0.4, 0.5) is 16.2 Å². The zero-order valence-corrected chi connectivity index (χ0v) is 18.7. The summed E-state index contributed by atoms with van der Waals surface area (Å²) in [4.78, 5) is 29.4. The fraction of sp³-hybridized carbons (Fsp3) is 0.500. The number of aliphatic hydroxyl groups excluding tert-OH is 1. The van der Waals surface area contributed by atoms with Crippen LogP contribution >= 0.6 is 0 Å². The maximum atomic E-state index is 13.0. The van der Waals surface area contributed by atoms with Crippen molar-refractivity contribution in [1.29, 1.82) is 0 Å². The SMILES string of the molecule is Cc1cc(-c2ccc3c(c2)N(C(=O)OC(C)C)C[C@H](C)N3C(=O)C2CC2)cn1CCO. The van der Waals surface area contributed by atoms with Crippen molar-refractivity contribution in [3.63, 3.8) is 0 Å². The van der Waals surface area contributed by atoms with Crippen LogP contribution < -0.4 is 9.80 Å². The minimum atomic E-state index is -0.396. The number of aromatic nitrogens is 1. The number of ether oxygens (including phenoxy) is 1. The number of fused-ring (bicyclic) bond motifs is 1. The number of rotatable bonds is 5. The molecule has 0 unspecified atom stereocenters. The Morgan fingerprint density at radius 1 is 1.16 bits per heavy atom. The number of aliphatic hydroxyl groups is 1. The molecule has 1 fully saturated rings. The molecule has 166 valence electrons. The number of amides is 2. The third-order valence-electron chi connectivity index (χ3n) is 5.92. The van der Waals surface area contributed by atoms with E-state index in [-0.39, 0.29) is 30.6 Å². The summed E-state index contributed by atoms with van der Waals surface area (Å²) in [5.41, 5.74) is 4.46. The number of nitrogens with zero attached hydrogens (tertiary/aromatic N) is 3. The fourth-order valence-electron chi connectivity index (χ4n) is 4.23. The van der Waals surface area contributed by atoms with E-state index in [0.29, 0.717) is 18.8 Å². The largest absolute Gasteiger partial charge is 0.446 e. The van der Waals surface area contributed by atoms with Gasteiger partial charge >= 0.3 is 6.09 Å². The van der Waals surface area contributed by atoms with Gasteiger partial charge in [0, 0.05) is 30.9 Å². The van der Waals surface area contributed by atoms with E-state index in [0.717, 1.165) is 35.3 Å². The van der Waals surface area contributed by atoms with Crippen molar-refractivity contribution >= 4 is 23.4 Å². The van der Waals surface area contributed by atoms with Crippen LogP contribution in [0.3, 0.4) is 0 Å². The van der Waals surface area contributed by atoms with Crippen molar-refractivity contribution in [2.75, 3.05) is 23.0 Å². The highest BCUT2D eigenvalue weighted by atomic mass is 16.6. The molecule has 0 radical (unpaired) electrons. The highest BCUT2D eigenvalue weighted by Crippen LogP contribution is 2.42. The van der Waals surface area contributed by atoms with Gasteiger partial charge in [-0.15, -0.1) is 0 Å². The van der Waals surface area contributed by atoms with E-state index in [1.165, 1.54) is 0 Å². The third-order valence-corrected chi connectivity index (χ3v) is 5.92. The Morgan fingerprint density at radius 2 is 1.90 bits per heavy atom. The van der Waals surface area contributed by atoms with Gasteiger partial charge in [-0.3, -0.25) is 9.69 Å². The topological polar surface area (TPSA) is 75.0 Å². The number of benzene rings is 1. The van der Waals surface area contributed by atoms with E-state index >= 15 is 0 Å². The van der Waals surface area contributed by atoms with E-state index in [2.05, 4.69) is 6.07 Å². The molecular weight excluding hydrogens is 394 g/mol. The van der Waals surface area contributed by atoms with Crippen molar-refractivity contribution in [2.45, 2.75) is 59.2 Å². The molecule has 1 saturated carbocycles. The molecule has 1 aliphatic heterocycles. The van der Waals surface area contributed by atoms with Gasteiger partial charge in [0.1, 0.15) is 0 Å². The van der Waals surface area contributed by atoms with Gasteiger partial charge in [-0.1, -0.05) is 6.07 Å². The molecule has 1 aliphatic carbocycles. The Balaban J connectivity index is 1.77. The summed E-state index contributed by atoms with van der Waals surface area (Å²) in [7, 11) is 0. The second-order valence-electron chi connectivity index (χ2n) is 8.87. The Hall–Kier alpha value is -2.80. The van der Waals surface area contributed by atoms with Gasteiger partial charge in [-0.05, 0) is 69.9 Å². The van der Waals surface area contributed by atoms with Gasteiger partial charge in [-0.25, -0.2) is 4.79 Å². The minimum absolute atomic E-state index is 0.0735. The number of aryl methyl sites for hydroxylation is 1. The van der Waals surface area contributed by atoms with Crippen LogP contribution in [0.15, 0.2) is 30.5 Å². The lowest BCUT2D eigenvalue weighted by atomic mass is 10.0. The summed E-state index contributed by atoms with van der Waals surface area (Å²) in [5, 5.41) is 9.29. The van der Waals surface area contributed by atoms with Gasteiger partial charge < -0.3 is 19.3 Å². The first-order valence-electron chi connectivity index (χ1n) is 11.0. The quantitative estimate of drug-likeness (QED) is 0.787. The molecule has 1 atom stereocenters. The molecule has 31 heavy (non-hydrogen) atoms. The van der Waals surface area contributed by atoms with Gasteiger partial charge in [0.2, 0.25) is 5.91 Å². The van der Waals surface area contributed by atoms with Crippen molar-refractivity contribution in [3.8, 4) is 11.1 Å². The van der Waals surface area contributed by atoms with Crippen LogP contribution in [0.5, 0.6) is 0 Å². The van der Waals surface area contributed by atoms with E-state index < -0.39 is 6.09 Å². The predicted molar refractivity (Wildman–Crippen MR) is 120 cm³/mol. The molecule has 7 nitrogen and oxygen atoms in total. The van der Waals surface area contributed by atoms with Crippen LogP contribution in [0.1, 0.15) is 39.3 Å². The zero-order valence-electron chi connectivity index (χ0n) is 18.7. The fourth-order valence-corrected chi connectivity index (χ4v) is 4.23. The molecule has 0 bridgehead atoms. The number of carbonyl (C=O) groups excluding carboxylic acids is 2. The van der Waals surface area contributed by atoms with E-state index in [1.807, 2.05) is 61.6 Å². The minimum Gasteiger partial charge on any atom is -0.446 e. The molecule has 1 aromatic carbocycles. The third kappa shape index (κ3) is 4.19. The maximum Gasteiger partial charge on any atom is 0.414 e. The standard InChI is InChI=1S/C24H31N3O4/c1-15(2)31-24(30)26-13-17(4)27(23(29)18-5-6-18)21-8-7-19(12-22(21)26)20-11-16(3)25(14-20)9-10-28/h7-8,11-12,14-15,17-18,28H,5-6,9-10,13H2,1-4H3/t17-/m0/s1. The normalized spacial score (nSPS) is 18.3. The monoisotopic (exact) mass is 425 g/mol. The van der Waals surface area contributed by atoms with Crippen LogP contribution in [0.25, 0.3) is 11.1 Å². The first-order chi connectivity index (χ1) is 14.8. The summed E-state index contributed by atoms with van der Waals surface area (Å²) < 4.78 is 7.51. The molecule has 2 amide bonds. The first kappa shape index (κ1) is 21.4. The summed E-state index contributed by atoms with van der Waals surface area (Å²) in [6, 6.07) is 7.84. The molecule has 1 aromatic heterocycles. The second-order valence-corrected chi connectivity index (χ2v) is 8.87. The van der Waals surface area contributed by atoms with Crippen LogP contribution in [0, 0.1) is 12.8 Å². The zero-order chi connectivity index (χ0) is 22.3. The lowest BCUT2D eigenvalue weighted by molar-refractivity contribution is -0.120.